The quantitative estimate of drug-likeness (QED) is 0.772. The standard InChI is InChI=1S/C24H26F3N3O/c1-30-14-22-13-19(31-2)8-9-23(22,29-21(30)28)12-17-7-6-16(11-20(17)22)15-4-3-5-18(10-15)24(25,26)27/h3-7,10-11,19H,8-9,12-14H2,1-2H3,(H2,28,29). The van der Waals surface area contributed by atoms with Crippen LogP contribution in [0.1, 0.15) is 36.0 Å². The second kappa shape index (κ2) is 6.73. The number of ether oxygens (including phenoxy) is 1. The minimum absolute atomic E-state index is 0.124. The summed E-state index contributed by atoms with van der Waals surface area (Å²) >= 11 is 0. The maximum Gasteiger partial charge on any atom is 0.416 e. The SMILES string of the molecule is COC1CCC23Cc4ccc(-c5cccc(C(F)(F)F)c5)cc4C2(C1)CN(C)C(N)=N3. The summed E-state index contributed by atoms with van der Waals surface area (Å²) in [6, 6.07) is 11.6. The minimum atomic E-state index is -4.37. The van der Waals surface area contributed by atoms with E-state index in [2.05, 4.69) is 12.1 Å². The molecule has 2 aromatic rings. The number of hydrogen-bond acceptors (Lipinski definition) is 4. The molecule has 1 fully saturated rings. The summed E-state index contributed by atoms with van der Waals surface area (Å²) < 4.78 is 45.5. The van der Waals surface area contributed by atoms with Gasteiger partial charge in [0.15, 0.2) is 5.96 Å². The first-order chi connectivity index (χ1) is 14.7. The van der Waals surface area contributed by atoms with Crippen LogP contribution in [0.2, 0.25) is 0 Å². The molecule has 0 radical (unpaired) electrons. The lowest BCUT2D eigenvalue weighted by molar-refractivity contribution is -0.137. The van der Waals surface area contributed by atoms with E-state index in [0.29, 0.717) is 11.5 Å². The Balaban J connectivity index is 1.65. The van der Waals surface area contributed by atoms with Crippen LogP contribution in [0.25, 0.3) is 11.1 Å². The van der Waals surface area contributed by atoms with Gasteiger partial charge in [0.2, 0.25) is 0 Å². The number of nitrogens with zero attached hydrogens (tertiary/aromatic N) is 2. The lowest BCUT2D eigenvalue weighted by Gasteiger charge is -2.54. The molecule has 2 aromatic carbocycles. The van der Waals surface area contributed by atoms with E-state index in [9.17, 15) is 13.2 Å². The van der Waals surface area contributed by atoms with Gasteiger partial charge in [0, 0.05) is 26.1 Å². The molecule has 3 unspecified atom stereocenters. The van der Waals surface area contributed by atoms with Crippen LogP contribution in [0, 0.1) is 0 Å². The van der Waals surface area contributed by atoms with Crippen LogP contribution in [0.15, 0.2) is 47.5 Å². The van der Waals surface area contributed by atoms with Crippen LogP contribution in [0.4, 0.5) is 13.2 Å². The molecule has 164 valence electrons. The molecule has 0 saturated heterocycles. The van der Waals surface area contributed by atoms with Gasteiger partial charge in [-0.25, -0.2) is 4.99 Å². The molecule has 7 heteroatoms. The number of benzene rings is 2. The minimum Gasteiger partial charge on any atom is -0.381 e. The van der Waals surface area contributed by atoms with E-state index < -0.39 is 11.7 Å². The Hall–Kier alpha value is -2.54. The number of nitrogens with two attached hydrogens (primary N) is 1. The smallest absolute Gasteiger partial charge is 0.381 e. The number of hydrogen-bond donors (Lipinski definition) is 1. The van der Waals surface area contributed by atoms with Crippen molar-refractivity contribution in [2.75, 3.05) is 20.7 Å². The highest BCUT2D eigenvalue weighted by atomic mass is 19.4. The van der Waals surface area contributed by atoms with Crippen LogP contribution >= 0.6 is 0 Å². The first-order valence-electron chi connectivity index (χ1n) is 10.6. The highest BCUT2D eigenvalue weighted by molar-refractivity contribution is 5.81. The van der Waals surface area contributed by atoms with Gasteiger partial charge in [0.1, 0.15) is 0 Å². The predicted octanol–water partition coefficient (Wildman–Crippen LogP) is 4.36. The zero-order valence-electron chi connectivity index (χ0n) is 17.7. The highest BCUT2D eigenvalue weighted by Gasteiger charge is 2.62. The molecule has 0 bridgehead atoms. The van der Waals surface area contributed by atoms with Gasteiger partial charge >= 0.3 is 6.18 Å². The number of aliphatic imine (C=N–C) groups is 1. The first kappa shape index (κ1) is 20.4. The lowest BCUT2D eigenvalue weighted by Crippen LogP contribution is -2.63. The molecule has 1 saturated carbocycles. The summed E-state index contributed by atoms with van der Waals surface area (Å²) in [4.78, 5) is 7.01. The molecule has 0 amide bonds. The Morgan fingerprint density at radius 2 is 1.94 bits per heavy atom. The summed E-state index contributed by atoms with van der Waals surface area (Å²) in [5.74, 6) is 0.553. The largest absolute Gasteiger partial charge is 0.416 e. The third kappa shape index (κ3) is 2.97. The summed E-state index contributed by atoms with van der Waals surface area (Å²) in [5.41, 5.74) is 8.78. The topological polar surface area (TPSA) is 50.9 Å². The monoisotopic (exact) mass is 429 g/mol. The van der Waals surface area contributed by atoms with Crippen LogP contribution in [-0.4, -0.2) is 43.2 Å². The van der Waals surface area contributed by atoms with Crippen LogP contribution in [0.3, 0.4) is 0 Å². The summed E-state index contributed by atoms with van der Waals surface area (Å²) in [6.45, 7) is 0.723. The van der Waals surface area contributed by atoms with Crippen molar-refractivity contribution in [1.82, 2.24) is 4.90 Å². The fourth-order valence-electron chi connectivity index (χ4n) is 5.97. The number of alkyl halides is 3. The molecular formula is C24H26F3N3O. The third-order valence-corrected chi connectivity index (χ3v) is 7.54. The van der Waals surface area contributed by atoms with E-state index in [0.717, 1.165) is 43.9 Å². The fourth-order valence-corrected chi connectivity index (χ4v) is 5.97. The zero-order chi connectivity index (χ0) is 22.0. The molecule has 5 rings (SSSR count). The fraction of sp³-hybridized carbons (Fsp3) is 0.458. The molecule has 1 aliphatic heterocycles. The van der Waals surface area contributed by atoms with Gasteiger partial charge in [0.25, 0.3) is 0 Å². The van der Waals surface area contributed by atoms with E-state index in [4.69, 9.17) is 15.5 Å². The van der Waals surface area contributed by atoms with Gasteiger partial charge < -0.3 is 15.4 Å². The number of rotatable bonds is 2. The summed E-state index contributed by atoms with van der Waals surface area (Å²) in [6.07, 6.45) is -0.812. The van der Waals surface area contributed by atoms with Gasteiger partial charge in [-0.2, -0.15) is 13.2 Å². The number of likely N-dealkylation sites (N-methyl/N-ethyl adjacent to an activating group) is 1. The van der Waals surface area contributed by atoms with Crippen molar-refractivity contribution in [2.45, 2.75) is 48.9 Å². The van der Waals surface area contributed by atoms with Gasteiger partial charge in [-0.15, -0.1) is 0 Å². The zero-order valence-corrected chi connectivity index (χ0v) is 17.7. The van der Waals surface area contributed by atoms with Gasteiger partial charge in [-0.3, -0.25) is 0 Å². The van der Waals surface area contributed by atoms with Gasteiger partial charge in [-0.05, 0) is 60.1 Å². The molecular weight excluding hydrogens is 403 g/mol. The Morgan fingerprint density at radius 1 is 1.16 bits per heavy atom. The average molecular weight is 429 g/mol. The number of guanidine groups is 1. The Bertz CT molecular complexity index is 1070. The normalized spacial score (nSPS) is 29.8. The Morgan fingerprint density at radius 3 is 2.68 bits per heavy atom. The third-order valence-electron chi connectivity index (χ3n) is 7.54. The van der Waals surface area contributed by atoms with E-state index >= 15 is 0 Å². The second-order valence-electron chi connectivity index (χ2n) is 9.17. The summed E-state index contributed by atoms with van der Waals surface area (Å²) in [5, 5.41) is 0. The number of fused-ring (bicyclic) bond motifs is 1. The van der Waals surface area contributed by atoms with Crippen LogP contribution < -0.4 is 5.73 Å². The van der Waals surface area contributed by atoms with E-state index in [1.807, 2.05) is 18.0 Å². The van der Waals surface area contributed by atoms with Crippen molar-refractivity contribution in [1.29, 1.82) is 0 Å². The van der Waals surface area contributed by atoms with Crippen LogP contribution in [-0.2, 0) is 22.7 Å². The van der Waals surface area contributed by atoms with Crippen molar-refractivity contribution < 1.29 is 17.9 Å². The van der Waals surface area contributed by atoms with Crippen molar-refractivity contribution in [2.24, 2.45) is 10.7 Å². The number of methoxy groups -OCH3 is 1. The Labute approximate surface area is 179 Å². The maximum absolute atomic E-state index is 13.3. The molecule has 1 heterocycles. The van der Waals surface area contributed by atoms with E-state index in [1.165, 1.54) is 23.3 Å². The molecule has 3 atom stereocenters. The van der Waals surface area contributed by atoms with E-state index in [1.54, 1.807) is 13.2 Å². The maximum atomic E-state index is 13.3. The first-order valence-corrected chi connectivity index (χ1v) is 10.6. The molecule has 2 N–H and O–H groups in total. The van der Waals surface area contributed by atoms with Crippen molar-refractivity contribution in [3.05, 3.63) is 59.2 Å². The average Bonchev–Trinajstić information content (AvgIpc) is 3.02. The van der Waals surface area contributed by atoms with Gasteiger partial charge in [-0.1, -0.05) is 30.3 Å². The predicted molar refractivity (Wildman–Crippen MR) is 114 cm³/mol. The molecule has 4 nitrogen and oxygen atoms in total. The van der Waals surface area contributed by atoms with Gasteiger partial charge in [0.05, 0.1) is 17.2 Å². The molecule has 31 heavy (non-hydrogen) atoms. The van der Waals surface area contributed by atoms with E-state index in [-0.39, 0.29) is 17.1 Å². The number of halogens is 3. The van der Waals surface area contributed by atoms with Crippen molar-refractivity contribution in [3.63, 3.8) is 0 Å². The molecule has 3 aliphatic rings. The summed E-state index contributed by atoms with van der Waals surface area (Å²) in [7, 11) is 3.69. The van der Waals surface area contributed by atoms with Crippen molar-refractivity contribution >= 4 is 5.96 Å². The molecule has 0 spiro atoms. The van der Waals surface area contributed by atoms with Crippen LogP contribution in [0.5, 0.6) is 0 Å². The second-order valence-corrected chi connectivity index (χ2v) is 9.17. The Kier molecular flexibility index (Phi) is 4.42. The molecule has 0 aromatic heterocycles. The van der Waals surface area contributed by atoms with Crippen molar-refractivity contribution in [3.8, 4) is 11.1 Å². The lowest BCUT2D eigenvalue weighted by atomic mass is 9.59. The molecule has 2 aliphatic carbocycles. The highest BCUT2D eigenvalue weighted by Crippen LogP contribution is 2.58.